The first-order valence-electron chi connectivity index (χ1n) is 4.94. The maximum atomic E-state index is 13.0. The summed E-state index contributed by atoms with van der Waals surface area (Å²) >= 11 is 11.2. The van der Waals surface area contributed by atoms with E-state index >= 15 is 0 Å². The summed E-state index contributed by atoms with van der Waals surface area (Å²) in [5, 5.41) is 7.62. The van der Waals surface area contributed by atoms with Crippen LogP contribution in [0.25, 0.3) is 10.8 Å². The van der Waals surface area contributed by atoms with E-state index in [4.69, 9.17) is 28.3 Å². The largest absolute Gasteiger partial charge is 0.478 e. The third-order valence-corrected chi connectivity index (χ3v) is 3.38. The van der Waals surface area contributed by atoms with Crippen LogP contribution in [0.2, 0.25) is 10.0 Å². The minimum Gasteiger partial charge on any atom is -0.478 e. The molecule has 0 amide bonds. The average Bonchev–Trinajstić information content (AvgIpc) is 2.27. The molecule has 0 saturated carbocycles. The number of rotatable bonds is 1. The molecule has 0 bridgehead atoms. The number of halogens is 5. The van der Waals surface area contributed by atoms with Gasteiger partial charge in [0, 0.05) is 0 Å². The molecule has 0 radical (unpaired) electrons. The maximum absolute atomic E-state index is 13.0. The Kier molecular flexibility index (Phi) is 3.36. The molecule has 0 aliphatic rings. The molecule has 0 aliphatic carbocycles. The number of fused-ring (bicyclic) bond motifs is 1. The van der Waals surface area contributed by atoms with E-state index in [0.29, 0.717) is 0 Å². The first kappa shape index (κ1) is 14.0. The predicted molar refractivity (Wildman–Crippen MR) is 65.9 cm³/mol. The highest BCUT2D eigenvalue weighted by molar-refractivity contribution is 6.43. The fourth-order valence-corrected chi connectivity index (χ4v) is 2.30. The summed E-state index contributed by atoms with van der Waals surface area (Å²) in [7, 11) is 0. The normalized spacial score (nSPS) is 11.8. The maximum Gasteiger partial charge on any atom is 0.418 e. The van der Waals surface area contributed by atoms with E-state index < -0.39 is 22.7 Å². The second-order valence-electron chi connectivity index (χ2n) is 3.75. The molecular formula is C12H5Cl2F3O2. The molecule has 0 atom stereocenters. The topological polar surface area (TPSA) is 37.3 Å². The zero-order chi connectivity index (χ0) is 14.4. The molecule has 0 heterocycles. The molecule has 1 N–H and O–H groups in total. The molecule has 2 aromatic rings. The zero-order valence-electron chi connectivity index (χ0n) is 9.05. The van der Waals surface area contributed by atoms with E-state index in [1.807, 2.05) is 0 Å². The van der Waals surface area contributed by atoms with Gasteiger partial charge in [-0.3, -0.25) is 0 Å². The Morgan fingerprint density at radius 3 is 2.32 bits per heavy atom. The Labute approximate surface area is 115 Å². The quantitative estimate of drug-likeness (QED) is 0.816. The van der Waals surface area contributed by atoms with Crippen molar-refractivity contribution in [1.82, 2.24) is 0 Å². The van der Waals surface area contributed by atoms with E-state index in [1.54, 1.807) is 0 Å². The number of hydrogen-bond acceptors (Lipinski definition) is 1. The van der Waals surface area contributed by atoms with Crippen LogP contribution >= 0.6 is 23.2 Å². The third-order valence-electron chi connectivity index (χ3n) is 2.59. The molecule has 0 unspecified atom stereocenters. The summed E-state index contributed by atoms with van der Waals surface area (Å²) in [6, 6.07) is 4.71. The molecule has 100 valence electrons. The Morgan fingerprint density at radius 1 is 1.16 bits per heavy atom. The Bertz CT molecular complexity index is 681. The number of alkyl halides is 3. The van der Waals surface area contributed by atoms with Crippen LogP contribution in [0.1, 0.15) is 15.9 Å². The van der Waals surface area contributed by atoms with E-state index in [-0.39, 0.29) is 21.4 Å². The Balaban J connectivity index is 3.00. The molecule has 0 saturated heterocycles. The van der Waals surface area contributed by atoms with Gasteiger partial charge in [-0.15, -0.1) is 0 Å². The first-order valence-corrected chi connectivity index (χ1v) is 5.70. The van der Waals surface area contributed by atoms with Crippen molar-refractivity contribution in [3.63, 3.8) is 0 Å². The number of aromatic carboxylic acids is 1. The monoisotopic (exact) mass is 308 g/mol. The highest BCUT2D eigenvalue weighted by Crippen LogP contribution is 2.43. The van der Waals surface area contributed by atoms with Crippen molar-refractivity contribution in [1.29, 1.82) is 0 Å². The average molecular weight is 309 g/mol. The number of carboxylic acid groups (broad SMARTS) is 1. The van der Waals surface area contributed by atoms with E-state index in [2.05, 4.69) is 0 Å². The van der Waals surface area contributed by atoms with Crippen LogP contribution in [0.4, 0.5) is 13.2 Å². The van der Waals surface area contributed by atoms with Gasteiger partial charge in [0.15, 0.2) is 0 Å². The zero-order valence-corrected chi connectivity index (χ0v) is 10.6. The van der Waals surface area contributed by atoms with Crippen LogP contribution in [0, 0.1) is 0 Å². The summed E-state index contributed by atoms with van der Waals surface area (Å²) in [4.78, 5) is 11.0. The van der Waals surface area contributed by atoms with Gasteiger partial charge in [0.2, 0.25) is 0 Å². The fraction of sp³-hybridized carbons (Fsp3) is 0.0833. The van der Waals surface area contributed by atoms with Gasteiger partial charge >= 0.3 is 12.1 Å². The van der Waals surface area contributed by atoms with E-state index in [9.17, 15) is 18.0 Å². The lowest BCUT2D eigenvalue weighted by atomic mass is 9.99. The van der Waals surface area contributed by atoms with Gasteiger partial charge in [-0.1, -0.05) is 35.3 Å². The van der Waals surface area contributed by atoms with Crippen LogP contribution in [0.15, 0.2) is 24.3 Å². The van der Waals surface area contributed by atoms with Crippen LogP contribution < -0.4 is 0 Å². The molecule has 2 nitrogen and oxygen atoms in total. The van der Waals surface area contributed by atoms with Crippen LogP contribution in [0.5, 0.6) is 0 Å². The van der Waals surface area contributed by atoms with Crippen molar-refractivity contribution < 1.29 is 23.1 Å². The van der Waals surface area contributed by atoms with E-state index in [0.717, 1.165) is 12.1 Å². The summed E-state index contributed by atoms with van der Waals surface area (Å²) < 4.78 is 39.0. The second-order valence-corrected chi connectivity index (χ2v) is 4.54. The van der Waals surface area contributed by atoms with E-state index in [1.165, 1.54) is 12.1 Å². The van der Waals surface area contributed by atoms with Crippen LogP contribution in [-0.4, -0.2) is 11.1 Å². The molecule has 7 heteroatoms. The van der Waals surface area contributed by atoms with Gasteiger partial charge in [0.1, 0.15) is 0 Å². The summed E-state index contributed by atoms with van der Waals surface area (Å²) in [5.74, 6) is -1.34. The van der Waals surface area contributed by atoms with Gasteiger partial charge in [0.25, 0.3) is 0 Å². The standard InChI is InChI=1S/C12H5Cl2F3O2/c13-8-4-7-5(2-1-3-6(7)11(18)19)9(10(8)14)12(15,16)17/h1-4H,(H,18,19). The number of benzene rings is 2. The van der Waals surface area contributed by atoms with Gasteiger partial charge in [-0.05, 0) is 22.9 Å². The Morgan fingerprint density at radius 2 is 1.79 bits per heavy atom. The first-order chi connectivity index (χ1) is 8.73. The molecule has 2 rings (SSSR count). The SMILES string of the molecule is O=C(O)c1cccc2c(C(F)(F)F)c(Cl)c(Cl)cc12. The molecule has 19 heavy (non-hydrogen) atoms. The lowest BCUT2D eigenvalue weighted by Gasteiger charge is -2.14. The number of carbonyl (C=O) groups is 1. The fourth-order valence-electron chi connectivity index (χ4n) is 1.83. The molecule has 0 spiro atoms. The highest BCUT2D eigenvalue weighted by atomic mass is 35.5. The van der Waals surface area contributed by atoms with Crippen molar-refractivity contribution in [2.75, 3.05) is 0 Å². The highest BCUT2D eigenvalue weighted by Gasteiger charge is 2.36. The molecule has 0 fully saturated rings. The summed E-state index contributed by atoms with van der Waals surface area (Å²) in [5.41, 5.74) is -1.39. The summed E-state index contributed by atoms with van der Waals surface area (Å²) in [6.45, 7) is 0. The number of hydrogen-bond donors (Lipinski definition) is 1. The lowest BCUT2D eigenvalue weighted by Crippen LogP contribution is -2.08. The third kappa shape index (κ3) is 2.35. The van der Waals surface area contributed by atoms with Crippen molar-refractivity contribution in [3.05, 3.63) is 45.4 Å². The minimum absolute atomic E-state index is 0.100. The molecule has 0 aromatic heterocycles. The molecule has 0 aliphatic heterocycles. The molecule has 2 aromatic carbocycles. The van der Waals surface area contributed by atoms with Crippen LogP contribution in [0.3, 0.4) is 0 Å². The lowest BCUT2D eigenvalue weighted by molar-refractivity contribution is -0.136. The number of carboxylic acids is 1. The van der Waals surface area contributed by atoms with Gasteiger partial charge in [-0.2, -0.15) is 13.2 Å². The van der Waals surface area contributed by atoms with Crippen molar-refractivity contribution in [2.24, 2.45) is 0 Å². The minimum atomic E-state index is -4.72. The van der Waals surface area contributed by atoms with Crippen molar-refractivity contribution in [2.45, 2.75) is 6.18 Å². The van der Waals surface area contributed by atoms with Gasteiger partial charge < -0.3 is 5.11 Å². The van der Waals surface area contributed by atoms with Crippen molar-refractivity contribution >= 4 is 39.9 Å². The van der Waals surface area contributed by atoms with Crippen molar-refractivity contribution in [3.8, 4) is 0 Å². The molecular weight excluding hydrogens is 304 g/mol. The summed E-state index contributed by atoms with van der Waals surface area (Å²) in [6.07, 6.45) is -4.72. The second kappa shape index (κ2) is 4.58. The Hall–Kier alpha value is -1.46. The van der Waals surface area contributed by atoms with Gasteiger partial charge in [-0.25, -0.2) is 4.79 Å². The van der Waals surface area contributed by atoms with Gasteiger partial charge in [0.05, 0.1) is 21.2 Å². The smallest absolute Gasteiger partial charge is 0.418 e. The predicted octanol–water partition coefficient (Wildman–Crippen LogP) is 4.86. The van der Waals surface area contributed by atoms with Crippen LogP contribution in [-0.2, 0) is 6.18 Å².